The van der Waals surface area contributed by atoms with E-state index in [1.165, 1.54) is 0 Å². The highest BCUT2D eigenvalue weighted by Gasteiger charge is 2.35. The Bertz CT molecular complexity index is 1210. The average Bonchev–Trinajstić information content (AvgIpc) is 2.96. The van der Waals surface area contributed by atoms with Gasteiger partial charge in [0.15, 0.2) is 0 Å². The van der Waals surface area contributed by atoms with Crippen molar-refractivity contribution in [2.24, 2.45) is 5.92 Å². The highest BCUT2D eigenvalue weighted by molar-refractivity contribution is 6.18. The third kappa shape index (κ3) is 5.20. The molecule has 37 heavy (non-hydrogen) atoms. The van der Waals surface area contributed by atoms with Crippen molar-refractivity contribution >= 4 is 45.8 Å². The number of morpholine rings is 1. The van der Waals surface area contributed by atoms with Gasteiger partial charge in [0.05, 0.1) is 24.7 Å². The molecule has 6 nitrogen and oxygen atoms in total. The van der Waals surface area contributed by atoms with Crippen LogP contribution in [0.3, 0.4) is 0 Å². The third-order valence-corrected chi connectivity index (χ3v) is 8.38. The summed E-state index contributed by atoms with van der Waals surface area (Å²) in [5.74, 6) is 0.539. The molecule has 3 aromatic rings. The van der Waals surface area contributed by atoms with Crippen molar-refractivity contribution in [3.05, 3.63) is 60.2 Å². The van der Waals surface area contributed by atoms with Gasteiger partial charge in [-0.1, -0.05) is 48.5 Å². The van der Waals surface area contributed by atoms with Gasteiger partial charge in [-0.3, -0.25) is 14.5 Å². The van der Waals surface area contributed by atoms with Crippen LogP contribution in [0.1, 0.15) is 36.0 Å². The molecule has 0 bridgehead atoms. The molecule has 3 aromatic carbocycles. The quantitative estimate of drug-likeness (QED) is 0.473. The minimum atomic E-state index is 0. The molecule has 2 amide bonds. The fourth-order valence-electron chi connectivity index (χ4n) is 6.42. The summed E-state index contributed by atoms with van der Waals surface area (Å²) in [5.41, 5.74) is 0.830. The molecule has 0 aliphatic carbocycles. The van der Waals surface area contributed by atoms with Crippen LogP contribution >= 0.6 is 12.4 Å². The number of rotatable bonds is 3. The fraction of sp³-hybridized carbons (Fsp3) is 0.467. The first-order valence-corrected chi connectivity index (χ1v) is 13.5. The molecule has 0 radical (unpaired) electrons. The molecular formula is C30H36ClN3O3. The molecule has 0 saturated carbocycles. The van der Waals surface area contributed by atoms with E-state index in [-0.39, 0.29) is 24.2 Å². The number of hydrogen-bond donors (Lipinski definition) is 0. The fourth-order valence-corrected chi connectivity index (χ4v) is 6.42. The Morgan fingerprint density at radius 3 is 2.03 bits per heavy atom. The van der Waals surface area contributed by atoms with Crippen molar-refractivity contribution in [1.82, 2.24) is 14.7 Å². The van der Waals surface area contributed by atoms with Gasteiger partial charge in [0.25, 0.3) is 5.91 Å². The van der Waals surface area contributed by atoms with Crippen molar-refractivity contribution in [2.75, 3.05) is 52.5 Å². The summed E-state index contributed by atoms with van der Waals surface area (Å²) in [7, 11) is 0. The highest BCUT2D eigenvalue weighted by Crippen LogP contribution is 2.31. The first-order valence-electron chi connectivity index (χ1n) is 13.5. The molecule has 1 atom stereocenters. The number of halogens is 1. The number of carbonyl (C=O) groups excluding carboxylic acids is 2. The van der Waals surface area contributed by atoms with Gasteiger partial charge in [-0.2, -0.15) is 0 Å². The van der Waals surface area contributed by atoms with E-state index in [0.29, 0.717) is 25.2 Å². The summed E-state index contributed by atoms with van der Waals surface area (Å²) < 4.78 is 5.43. The zero-order valence-corrected chi connectivity index (χ0v) is 22.1. The van der Waals surface area contributed by atoms with E-state index in [0.717, 1.165) is 92.1 Å². The lowest BCUT2D eigenvalue weighted by atomic mass is 9.92. The highest BCUT2D eigenvalue weighted by atomic mass is 35.5. The maximum Gasteiger partial charge on any atom is 0.255 e. The average molecular weight is 522 g/mol. The van der Waals surface area contributed by atoms with Crippen molar-refractivity contribution in [2.45, 2.75) is 31.7 Å². The van der Waals surface area contributed by atoms with Crippen molar-refractivity contribution < 1.29 is 14.3 Å². The summed E-state index contributed by atoms with van der Waals surface area (Å²) in [6.07, 6.45) is 3.99. The number of carbonyl (C=O) groups is 2. The van der Waals surface area contributed by atoms with Gasteiger partial charge in [0, 0.05) is 38.8 Å². The van der Waals surface area contributed by atoms with E-state index in [1.807, 2.05) is 34.1 Å². The number of nitrogens with zero attached hydrogens (tertiary/aromatic N) is 3. The molecule has 3 aliphatic heterocycles. The molecule has 6 rings (SSSR count). The second kappa shape index (κ2) is 11.4. The van der Waals surface area contributed by atoms with Crippen LogP contribution < -0.4 is 0 Å². The predicted molar refractivity (Wildman–Crippen MR) is 149 cm³/mol. The van der Waals surface area contributed by atoms with Crippen LogP contribution in [0.5, 0.6) is 0 Å². The van der Waals surface area contributed by atoms with Crippen molar-refractivity contribution in [3.8, 4) is 0 Å². The Balaban J connectivity index is 0.00000280. The zero-order chi connectivity index (χ0) is 24.5. The first-order chi connectivity index (χ1) is 17.7. The Morgan fingerprint density at radius 1 is 0.757 bits per heavy atom. The van der Waals surface area contributed by atoms with Crippen LogP contribution in [0.15, 0.2) is 54.6 Å². The normalized spacial score (nSPS) is 21.7. The van der Waals surface area contributed by atoms with E-state index < -0.39 is 0 Å². The molecule has 0 spiro atoms. The Morgan fingerprint density at radius 2 is 1.38 bits per heavy atom. The van der Waals surface area contributed by atoms with Gasteiger partial charge in [-0.15, -0.1) is 12.4 Å². The van der Waals surface area contributed by atoms with Gasteiger partial charge >= 0.3 is 0 Å². The number of amides is 2. The lowest BCUT2D eigenvalue weighted by Crippen LogP contribution is -2.53. The third-order valence-electron chi connectivity index (χ3n) is 8.38. The first kappa shape index (κ1) is 26.0. The van der Waals surface area contributed by atoms with Gasteiger partial charge in [-0.05, 0) is 59.8 Å². The molecule has 3 fully saturated rings. The maximum absolute atomic E-state index is 13.9. The summed E-state index contributed by atoms with van der Waals surface area (Å²) in [5, 5.41) is 4.28. The van der Waals surface area contributed by atoms with Crippen LogP contribution in [-0.4, -0.2) is 85.0 Å². The monoisotopic (exact) mass is 521 g/mol. The second-order valence-corrected chi connectivity index (χ2v) is 10.5. The SMILES string of the molecule is Cl.O=C(c1c2ccccc2cc2ccccc12)N1CCC(N2CCC[C@@H](C(=O)N3CCOCC3)C2)CC1. The lowest BCUT2D eigenvalue weighted by Gasteiger charge is -2.43. The van der Waals surface area contributed by atoms with Crippen LogP contribution in [0, 0.1) is 5.92 Å². The Kier molecular flexibility index (Phi) is 7.98. The number of likely N-dealkylation sites (tertiary alicyclic amines) is 2. The summed E-state index contributed by atoms with van der Waals surface area (Å²) in [6.45, 7) is 6.18. The van der Waals surface area contributed by atoms with Gasteiger partial charge in [0.2, 0.25) is 5.91 Å². The zero-order valence-electron chi connectivity index (χ0n) is 21.3. The van der Waals surface area contributed by atoms with E-state index in [4.69, 9.17) is 4.74 Å². The summed E-state index contributed by atoms with van der Waals surface area (Å²) in [4.78, 5) is 33.5. The van der Waals surface area contributed by atoms with E-state index in [9.17, 15) is 9.59 Å². The summed E-state index contributed by atoms with van der Waals surface area (Å²) in [6, 6.07) is 19.1. The number of benzene rings is 3. The van der Waals surface area contributed by atoms with Crippen molar-refractivity contribution in [1.29, 1.82) is 0 Å². The largest absolute Gasteiger partial charge is 0.378 e. The minimum absolute atomic E-state index is 0. The second-order valence-electron chi connectivity index (χ2n) is 10.5. The number of piperidine rings is 2. The predicted octanol–water partition coefficient (Wildman–Crippen LogP) is 4.59. The maximum atomic E-state index is 13.9. The van der Waals surface area contributed by atoms with E-state index in [1.54, 1.807) is 0 Å². The molecule has 0 N–H and O–H groups in total. The van der Waals surface area contributed by atoms with Gasteiger partial charge in [0.1, 0.15) is 0 Å². The van der Waals surface area contributed by atoms with Gasteiger partial charge < -0.3 is 14.5 Å². The molecule has 0 aromatic heterocycles. The molecule has 3 heterocycles. The topological polar surface area (TPSA) is 53.1 Å². The van der Waals surface area contributed by atoms with Crippen LogP contribution in [0.25, 0.3) is 21.5 Å². The van der Waals surface area contributed by atoms with E-state index in [2.05, 4.69) is 35.2 Å². The lowest BCUT2D eigenvalue weighted by molar-refractivity contribution is -0.141. The number of hydrogen-bond acceptors (Lipinski definition) is 4. The molecule has 196 valence electrons. The molecule has 3 saturated heterocycles. The van der Waals surface area contributed by atoms with Gasteiger partial charge in [-0.25, -0.2) is 0 Å². The number of ether oxygens (including phenoxy) is 1. The van der Waals surface area contributed by atoms with Crippen LogP contribution in [-0.2, 0) is 9.53 Å². The standard InChI is InChI=1S/C30H35N3O3.ClH/c34-29(32-16-18-36-19-17-32)24-8-5-13-33(21-24)25-11-14-31(15-12-25)30(35)28-26-9-3-1-6-22(26)20-23-7-2-4-10-27(23)28;/h1-4,6-7,9-10,20,24-25H,5,8,11-19,21H2;1H/t24-;/m1./s1. The molecule has 0 unspecified atom stereocenters. The smallest absolute Gasteiger partial charge is 0.255 e. The Hall–Kier alpha value is -2.67. The summed E-state index contributed by atoms with van der Waals surface area (Å²) >= 11 is 0. The molecular weight excluding hydrogens is 486 g/mol. The Labute approximate surface area is 224 Å². The van der Waals surface area contributed by atoms with Crippen LogP contribution in [0.2, 0.25) is 0 Å². The van der Waals surface area contributed by atoms with Crippen LogP contribution in [0.4, 0.5) is 0 Å². The van der Waals surface area contributed by atoms with Crippen molar-refractivity contribution in [3.63, 3.8) is 0 Å². The van der Waals surface area contributed by atoms with E-state index >= 15 is 0 Å². The number of fused-ring (bicyclic) bond motifs is 2. The minimum Gasteiger partial charge on any atom is -0.378 e. The molecule has 7 heteroatoms. The molecule has 3 aliphatic rings.